The van der Waals surface area contributed by atoms with Gasteiger partial charge in [0, 0.05) is 0 Å². The fraction of sp³-hybridized carbons (Fsp3) is 0.364. The first-order chi connectivity index (χ1) is 7.66. The zero-order valence-electron chi connectivity index (χ0n) is 8.59. The molecule has 4 nitrogen and oxygen atoms in total. The van der Waals surface area contributed by atoms with Crippen molar-refractivity contribution in [3.8, 4) is 5.75 Å². The van der Waals surface area contributed by atoms with Gasteiger partial charge in [-0.25, -0.2) is 0 Å². The molecule has 0 saturated carbocycles. The first kappa shape index (κ1) is 11.3. The molecule has 16 heavy (non-hydrogen) atoms. The van der Waals surface area contributed by atoms with E-state index in [1.165, 1.54) is 0 Å². The summed E-state index contributed by atoms with van der Waals surface area (Å²) in [5.41, 5.74) is 0.994. The van der Waals surface area contributed by atoms with Crippen LogP contribution in [0.2, 0.25) is 0 Å². The second-order valence-corrected chi connectivity index (χ2v) is 4.90. The number of carboxylic acids is 1. The van der Waals surface area contributed by atoms with Gasteiger partial charge in [0.1, 0.15) is 11.8 Å². The lowest BCUT2D eigenvalue weighted by atomic mass is 10.1. The largest absolute Gasteiger partial charge is 0.508 e. The minimum absolute atomic E-state index is 0.00421. The molecule has 1 aromatic rings. The maximum atomic E-state index is 10.9. The molecule has 0 amide bonds. The van der Waals surface area contributed by atoms with Gasteiger partial charge in [0.2, 0.25) is 0 Å². The van der Waals surface area contributed by atoms with Crippen LogP contribution in [0, 0.1) is 0 Å². The fourth-order valence-electron chi connectivity index (χ4n) is 1.65. The molecule has 2 unspecified atom stereocenters. The average Bonchev–Trinajstić information content (AvgIpc) is 2.30. The Kier molecular flexibility index (Phi) is 3.36. The lowest BCUT2D eigenvalue weighted by molar-refractivity contribution is -0.139. The highest BCUT2D eigenvalue weighted by Gasteiger charge is 2.27. The number of hydrogen-bond acceptors (Lipinski definition) is 4. The van der Waals surface area contributed by atoms with Crippen LogP contribution in [0.1, 0.15) is 17.4 Å². The van der Waals surface area contributed by atoms with Crippen LogP contribution in [-0.4, -0.2) is 28.0 Å². The molecule has 0 bridgehead atoms. The highest BCUT2D eigenvalue weighted by atomic mass is 32.2. The Morgan fingerprint density at radius 1 is 1.38 bits per heavy atom. The molecule has 0 spiro atoms. The zero-order valence-corrected chi connectivity index (χ0v) is 9.41. The molecule has 1 fully saturated rings. The Balaban J connectivity index is 2.09. The van der Waals surface area contributed by atoms with Crippen LogP contribution in [0.25, 0.3) is 0 Å². The summed E-state index contributed by atoms with van der Waals surface area (Å²) in [4.78, 5) is 10.9. The number of carbonyl (C=O) groups is 1. The van der Waals surface area contributed by atoms with E-state index in [0.29, 0.717) is 6.42 Å². The molecule has 1 aliphatic rings. The van der Waals surface area contributed by atoms with E-state index in [1.54, 1.807) is 23.9 Å². The number of rotatable bonds is 2. The first-order valence-corrected chi connectivity index (χ1v) is 6.11. The minimum Gasteiger partial charge on any atom is -0.508 e. The number of thioether (sulfide) groups is 1. The Morgan fingerprint density at radius 2 is 2.06 bits per heavy atom. The molecule has 5 heteroatoms. The van der Waals surface area contributed by atoms with Crippen molar-refractivity contribution in [1.29, 1.82) is 0 Å². The Morgan fingerprint density at radius 3 is 2.69 bits per heavy atom. The van der Waals surface area contributed by atoms with E-state index in [9.17, 15) is 9.90 Å². The summed E-state index contributed by atoms with van der Waals surface area (Å²) >= 11 is 1.69. The van der Waals surface area contributed by atoms with Crippen LogP contribution in [-0.2, 0) is 4.79 Å². The van der Waals surface area contributed by atoms with Crippen LogP contribution in [0.15, 0.2) is 24.3 Å². The van der Waals surface area contributed by atoms with Crippen molar-refractivity contribution in [2.45, 2.75) is 17.8 Å². The van der Waals surface area contributed by atoms with Crippen molar-refractivity contribution < 1.29 is 15.0 Å². The molecule has 0 radical (unpaired) electrons. The van der Waals surface area contributed by atoms with E-state index >= 15 is 0 Å². The summed E-state index contributed by atoms with van der Waals surface area (Å²) in [5, 5.41) is 21.2. The van der Waals surface area contributed by atoms with Gasteiger partial charge in [0.25, 0.3) is 0 Å². The number of nitrogens with one attached hydrogen (secondary N) is 1. The Hall–Kier alpha value is -1.20. The number of aromatic hydroxyl groups is 1. The van der Waals surface area contributed by atoms with Gasteiger partial charge in [-0.15, -0.1) is 11.8 Å². The molecule has 2 atom stereocenters. The summed E-state index contributed by atoms with van der Waals surface area (Å²) in [6.07, 6.45) is 0.647. The molecule has 2 rings (SSSR count). The molecule has 86 valence electrons. The van der Waals surface area contributed by atoms with Gasteiger partial charge < -0.3 is 10.2 Å². The van der Waals surface area contributed by atoms with E-state index < -0.39 is 12.0 Å². The number of benzene rings is 1. The molecule has 0 aromatic heterocycles. The van der Waals surface area contributed by atoms with Crippen molar-refractivity contribution >= 4 is 17.7 Å². The van der Waals surface area contributed by atoms with E-state index in [-0.39, 0.29) is 11.1 Å². The van der Waals surface area contributed by atoms with Gasteiger partial charge in [-0.1, -0.05) is 12.1 Å². The Labute approximate surface area is 97.7 Å². The van der Waals surface area contributed by atoms with E-state index in [4.69, 9.17) is 5.11 Å². The number of carboxylic acid groups (broad SMARTS) is 1. The van der Waals surface area contributed by atoms with Gasteiger partial charge >= 0.3 is 5.97 Å². The maximum Gasteiger partial charge on any atom is 0.320 e. The predicted molar refractivity (Wildman–Crippen MR) is 62.5 cm³/mol. The van der Waals surface area contributed by atoms with E-state index in [1.807, 2.05) is 12.1 Å². The highest BCUT2D eigenvalue weighted by Crippen LogP contribution is 2.32. The molecule has 3 N–H and O–H groups in total. The van der Waals surface area contributed by atoms with Crippen LogP contribution < -0.4 is 5.32 Å². The third-order valence-electron chi connectivity index (χ3n) is 2.54. The highest BCUT2D eigenvalue weighted by molar-refractivity contribution is 7.99. The van der Waals surface area contributed by atoms with Gasteiger partial charge in [0.05, 0.1) is 5.37 Å². The monoisotopic (exact) mass is 239 g/mol. The minimum atomic E-state index is -0.802. The third-order valence-corrected chi connectivity index (χ3v) is 3.75. The summed E-state index contributed by atoms with van der Waals surface area (Å²) in [5.74, 6) is 0.249. The Bertz CT molecular complexity index is 379. The number of phenols is 1. The molecule has 0 aliphatic carbocycles. The first-order valence-electron chi connectivity index (χ1n) is 5.06. The van der Waals surface area contributed by atoms with Crippen LogP contribution in [0.5, 0.6) is 5.75 Å². The lowest BCUT2D eigenvalue weighted by Crippen LogP contribution is -2.41. The van der Waals surface area contributed by atoms with Crippen LogP contribution in [0.3, 0.4) is 0 Å². The quantitative estimate of drug-likeness (QED) is 0.731. The molecule has 1 saturated heterocycles. The average molecular weight is 239 g/mol. The fourth-order valence-corrected chi connectivity index (χ4v) is 2.87. The SMILES string of the molecule is O=C(O)C1CCSC(c2ccc(O)cc2)N1. The smallest absolute Gasteiger partial charge is 0.320 e. The second-order valence-electron chi connectivity index (χ2n) is 3.69. The summed E-state index contributed by atoms with van der Waals surface area (Å²) < 4.78 is 0. The third kappa shape index (κ3) is 2.48. The molecular weight excluding hydrogens is 226 g/mol. The van der Waals surface area contributed by atoms with Crippen molar-refractivity contribution in [3.05, 3.63) is 29.8 Å². The summed E-state index contributed by atoms with van der Waals surface area (Å²) in [7, 11) is 0. The predicted octanol–water partition coefficient (Wildman–Crippen LogP) is 1.57. The molecular formula is C11H13NO3S. The maximum absolute atomic E-state index is 10.9. The van der Waals surface area contributed by atoms with Gasteiger partial charge in [-0.05, 0) is 29.9 Å². The van der Waals surface area contributed by atoms with Crippen molar-refractivity contribution in [1.82, 2.24) is 5.32 Å². The lowest BCUT2D eigenvalue weighted by Gasteiger charge is -2.28. The van der Waals surface area contributed by atoms with Crippen molar-refractivity contribution in [2.24, 2.45) is 0 Å². The van der Waals surface area contributed by atoms with E-state index in [0.717, 1.165) is 11.3 Å². The van der Waals surface area contributed by atoms with E-state index in [2.05, 4.69) is 5.32 Å². The van der Waals surface area contributed by atoms with Crippen LogP contribution in [0.4, 0.5) is 0 Å². The van der Waals surface area contributed by atoms with Gasteiger partial charge in [-0.2, -0.15) is 0 Å². The van der Waals surface area contributed by atoms with Gasteiger partial charge in [-0.3, -0.25) is 10.1 Å². The molecule has 1 aromatic carbocycles. The topological polar surface area (TPSA) is 69.6 Å². The number of aliphatic carboxylic acids is 1. The second kappa shape index (κ2) is 4.76. The summed E-state index contributed by atoms with van der Waals surface area (Å²) in [6, 6.07) is 6.37. The number of hydrogen-bond donors (Lipinski definition) is 3. The van der Waals surface area contributed by atoms with Gasteiger partial charge in [0.15, 0.2) is 0 Å². The standard InChI is InChI=1S/C11H13NO3S/c13-8-3-1-7(2-4-8)10-12-9(11(14)15)5-6-16-10/h1-4,9-10,12-13H,5-6H2,(H,14,15). The van der Waals surface area contributed by atoms with Crippen molar-refractivity contribution in [2.75, 3.05) is 5.75 Å². The normalized spacial score (nSPS) is 25.2. The zero-order chi connectivity index (χ0) is 11.5. The number of phenolic OH excluding ortho intramolecular Hbond substituents is 1. The summed E-state index contributed by atoms with van der Waals surface area (Å²) in [6.45, 7) is 0. The molecule has 1 aliphatic heterocycles. The van der Waals surface area contributed by atoms with Crippen LogP contribution >= 0.6 is 11.8 Å². The van der Waals surface area contributed by atoms with Crippen molar-refractivity contribution in [3.63, 3.8) is 0 Å². The molecule has 1 heterocycles.